The van der Waals surface area contributed by atoms with E-state index in [4.69, 9.17) is 10.8 Å². The zero-order valence-electron chi connectivity index (χ0n) is 8.73. The molecule has 0 aliphatic rings. The van der Waals surface area contributed by atoms with Crippen molar-refractivity contribution in [2.45, 2.75) is 13.3 Å². The van der Waals surface area contributed by atoms with Gasteiger partial charge in [0.25, 0.3) is 5.56 Å². The van der Waals surface area contributed by atoms with Crippen LogP contribution in [0.4, 0.5) is 5.69 Å². The van der Waals surface area contributed by atoms with E-state index in [9.17, 15) is 9.59 Å². The molecule has 0 bridgehead atoms. The lowest BCUT2D eigenvalue weighted by Gasteiger charge is -2.09. The summed E-state index contributed by atoms with van der Waals surface area (Å²) in [6, 6.07) is 1.38. The van der Waals surface area contributed by atoms with E-state index < -0.39 is 11.9 Å². The lowest BCUT2D eigenvalue weighted by molar-refractivity contribution is -0.141. The van der Waals surface area contributed by atoms with Crippen molar-refractivity contribution >= 4 is 11.7 Å². The second-order valence-electron chi connectivity index (χ2n) is 3.65. The van der Waals surface area contributed by atoms with Crippen molar-refractivity contribution in [3.8, 4) is 0 Å². The van der Waals surface area contributed by atoms with Gasteiger partial charge in [-0.15, -0.1) is 0 Å². The average Bonchev–Trinajstić information content (AvgIpc) is 2.13. The number of carboxylic acids is 1. The topological polar surface area (TPSA) is 85.3 Å². The minimum Gasteiger partial charge on any atom is -0.481 e. The van der Waals surface area contributed by atoms with Gasteiger partial charge in [0.2, 0.25) is 0 Å². The van der Waals surface area contributed by atoms with Crippen LogP contribution >= 0.6 is 0 Å². The summed E-state index contributed by atoms with van der Waals surface area (Å²) in [6.45, 7) is 1.58. The Labute approximate surface area is 87.1 Å². The van der Waals surface area contributed by atoms with Crippen molar-refractivity contribution in [1.82, 2.24) is 4.57 Å². The lowest BCUT2D eigenvalue weighted by atomic mass is 10.0. The van der Waals surface area contributed by atoms with Crippen LogP contribution in [0.2, 0.25) is 0 Å². The molecule has 1 aromatic rings. The van der Waals surface area contributed by atoms with E-state index >= 15 is 0 Å². The highest BCUT2D eigenvalue weighted by atomic mass is 16.4. The first-order chi connectivity index (χ1) is 6.91. The maximum Gasteiger partial charge on any atom is 0.306 e. The Morgan fingerprint density at radius 3 is 2.80 bits per heavy atom. The number of carbonyl (C=O) groups is 1. The Kier molecular flexibility index (Phi) is 3.14. The summed E-state index contributed by atoms with van der Waals surface area (Å²) >= 11 is 0. The third-order valence-corrected chi connectivity index (χ3v) is 2.30. The number of aliphatic carboxylic acids is 1. The van der Waals surface area contributed by atoms with Crippen LogP contribution in [0.25, 0.3) is 0 Å². The number of anilines is 1. The maximum absolute atomic E-state index is 11.3. The van der Waals surface area contributed by atoms with Gasteiger partial charge in [0, 0.05) is 19.3 Å². The second-order valence-corrected chi connectivity index (χ2v) is 3.65. The van der Waals surface area contributed by atoms with Crippen LogP contribution in [-0.2, 0) is 18.3 Å². The van der Waals surface area contributed by atoms with Gasteiger partial charge in [-0.05, 0) is 12.0 Å². The number of hydrogen-bond acceptors (Lipinski definition) is 3. The van der Waals surface area contributed by atoms with Gasteiger partial charge in [0.15, 0.2) is 0 Å². The standard InChI is InChI=1S/C10H14N2O3/c1-6(10(14)15)3-7-4-9(13)12(2)5-8(7)11/h4-6H,3,11H2,1-2H3,(H,14,15). The predicted octanol–water partition coefficient (Wildman–Crippen LogP) is 0.231. The summed E-state index contributed by atoms with van der Waals surface area (Å²) in [7, 11) is 1.60. The Morgan fingerprint density at radius 2 is 2.27 bits per heavy atom. The fraction of sp³-hybridized carbons (Fsp3) is 0.400. The molecule has 5 heteroatoms. The van der Waals surface area contributed by atoms with Crippen LogP contribution in [0.3, 0.4) is 0 Å². The number of aromatic nitrogens is 1. The van der Waals surface area contributed by atoms with Gasteiger partial charge in [-0.25, -0.2) is 0 Å². The fourth-order valence-corrected chi connectivity index (χ4v) is 1.28. The van der Waals surface area contributed by atoms with Crippen LogP contribution in [0.1, 0.15) is 12.5 Å². The number of nitrogen functional groups attached to an aromatic ring is 1. The van der Waals surface area contributed by atoms with E-state index in [1.807, 2.05) is 0 Å². The molecule has 1 aromatic heterocycles. The number of pyridine rings is 1. The van der Waals surface area contributed by atoms with Gasteiger partial charge in [-0.2, -0.15) is 0 Å². The van der Waals surface area contributed by atoms with E-state index in [0.29, 0.717) is 11.3 Å². The van der Waals surface area contributed by atoms with Crippen molar-refractivity contribution in [2.75, 3.05) is 5.73 Å². The van der Waals surface area contributed by atoms with Crippen molar-refractivity contribution in [3.05, 3.63) is 28.2 Å². The quantitative estimate of drug-likeness (QED) is 0.747. The average molecular weight is 210 g/mol. The van der Waals surface area contributed by atoms with Crippen molar-refractivity contribution in [3.63, 3.8) is 0 Å². The van der Waals surface area contributed by atoms with Gasteiger partial charge in [0.05, 0.1) is 11.6 Å². The number of aryl methyl sites for hydroxylation is 1. The lowest BCUT2D eigenvalue weighted by Crippen LogP contribution is -2.20. The molecule has 15 heavy (non-hydrogen) atoms. The van der Waals surface area contributed by atoms with Gasteiger partial charge in [0.1, 0.15) is 0 Å². The van der Waals surface area contributed by atoms with Crippen LogP contribution in [0, 0.1) is 5.92 Å². The largest absolute Gasteiger partial charge is 0.481 e. The first kappa shape index (κ1) is 11.3. The molecule has 0 amide bonds. The van der Waals surface area contributed by atoms with Crippen molar-refractivity contribution in [1.29, 1.82) is 0 Å². The number of nitrogens with zero attached hydrogens (tertiary/aromatic N) is 1. The third-order valence-electron chi connectivity index (χ3n) is 2.30. The molecule has 0 aliphatic heterocycles. The third kappa shape index (κ3) is 2.59. The molecule has 82 valence electrons. The normalized spacial score (nSPS) is 12.4. The van der Waals surface area contributed by atoms with Gasteiger partial charge in [-0.1, -0.05) is 6.92 Å². The summed E-state index contributed by atoms with van der Waals surface area (Å²) in [5.74, 6) is -1.44. The molecule has 0 spiro atoms. The summed E-state index contributed by atoms with van der Waals surface area (Å²) in [5, 5.41) is 8.73. The first-order valence-electron chi connectivity index (χ1n) is 4.59. The van der Waals surface area contributed by atoms with Gasteiger partial charge < -0.3 is 15.4 Å². The van der Waals surface area contributed by atoms with E-state index in [1.54, 1.807) is 14.0 Å². The summed E-state index contributed by atoms with van der Waals surface area (Å²) in [4.78, 5) is 21.9. The molecule has 0 radical (unpaired) electrons. The van der Waals surface area contributed by atoms with Crippen molar-refractivity contribution < 1.29 is 9.90 Å². The monoisotopic (exact) mass is 210 g/mol. The zero-order chi connectivity index (χ0) is 11.6. The van der Waals surface area contributed by atoms with Crippen LogP contribution in [0.5, 0.6) is 0 Å². The highest BCUT2D eigenvalue weighted by molar-refractivity contribution is 5.70. The molecule has 1 unspecified atom stereocenters. The molecule has 0 aromatic carbocycles. The van der Waals surface area contributed by atoms with E-state index in [2.05, 4.69) is 0 Å². The molecule has 3 N–H and O–H groups in total. The molecule has 1 rings (SSSR count). The molecular formula is C10H14N2O3. The number of hydrogen-bond donors (Lipinski definition) is 2. The fourth-order valence-electron chi connectivity index (χ4n) is 1.28. The smallest absolute Gasteiger partial charge is 0.306 e. The van der Waals surface area contributed by atoms with Crippen molar-refractivity contribution in [2.24, 2.45) is 13.0 Å². The Bertz CT molecular complexity index is 437. The molecule has 0 fully saturated rings. The van der Waals surface area contributed by atoms with E-state index in [1.165, 1.54) is 16.8 Å². The second kappa shape index (κ2) is 4.16. The Hall–Kier alpha value is -1.78. The Balaban J connectivity index is 3.01. The molecular weight excluding hydrogens is 196 g/mol. The molecule has 0 saturated carbocycles. The minimum atomic E-state index is -0.893. The summed E-state index contributed by atoms with van der Waals surface area (Å²) in [6.07, 6.45) is 1.78. The van der Waals surface area contributed by atoms with E-state index in [-0.39, 0.29) is 12.0 Å². The highest BCUT2D eigenvalue weighted by Crippen LogP contribution is 2.13. The zero-order valence-corrected chi connectivity index (χ0v) is 8.73. The van der Waals surface area contributed by atoms with Crippen LogP contribution in [-0.4, -0.2) is 15.6 Å². The highest BCUT2D eigenvalue weighted by Gasteiger charge is 2.13. The minimum absolute atomic E-state index is 0.184. The SMILES string of the molecule is CC(Cc1cc(=O)n(C)cc1N)C(=O)O. The number of carboxylic acid groups (broad SMARTS) is 1. The molecule has 1 heterocycles. The predicted molar refractivity (Wildman–Crippen MR) is 56.6 cm³/mol. The van der Waals surface area contributed by atoms with Crippen LogP contribution < -0.4 is 11.3 Å². The van der Waals surface area contributed by atoms with Crippen LogP contribution in [0.15, 0.2) is 17.1 Å². The molecule has 0 aliphatic carbocycles. The number of nitrogens with two attached hydrogens (primary N) is 1. The summed E-state index contributed by atoms with van der Waals surface area (Å²) in [5.41, 5.74) is 6.54. The Morgan fingerprint density at radius 1 is 1.67 bits per heavy atom. The summed E-state index contributed by atoms with van der Waals surface area (Å²) < 4.78 is 1.37. The maximum atomic E-state index is 11.3. The van der Waals surface area contributed by atoms with Gasteiger partial charge >= 0.3 is 5.97 Å². The number of rotatable bonds is 3. The first-order valence-corrected chi connectivity index (χ1v) is 4.59. The van der Waals surface area contributed by atoms with E-state index in [0.717, 1.165) is 0 Å². The molecule has 1 atom stereocenters. The molecule has 0 saturated heterocycles. The van der Waals surface area contributed by atoms with Gasteiger partial charge in [-0.3, -0.25) is 9.59 Å². The molecule has 5 nitrogen and oxygen atoms in total.